The van der Waals surface area contributed by atoms with Gasteiger partial charge in [0.25, 0.3) is 0 Å². The minimum Gasteiger partial charge on any atom is -0.383 e. The third-order valence-electron chi connectivity index (χ3n) is 3.98. The van der Waals surface area contributed by atoms with Gasteiger partial charge in [0.2, 0.25) is 0 Å². The molecule has 0 amide bonds. The van der Waals surface area contributed by atoms with Crippen LogP contribution in [0.1, 0.15) is 18.4 Å². The number of halogens is 2. The van der Waals surface area contributed by atoms with Crippen LogP contribution in [0.3, 0.4) is 0 Å². The van der Waals surface area contributed by atoms with Gasteiger partial charge in [-0.3, -0.25) is 0 Å². The van der Waals surface area contributed by atoms with E-state index in [0.29, 0.717) is 13.2 Å². The van der Waals surface area contributed by atoms with Crippen LogP contribution in [-0.4, -0.2) is 40.0 Å². The highest BCUT2D eigenvalue weighted by atomic mass is 35.5. The molecule has 1 fully saturated rings. The molecule has 1 N–H and O–H groups in total. The predicted octanol–water partition coefficient (Wildman–Crippen LogP) is 3.05. The van der Waals surface area contributed by atoms with Crippen LogP contribution in [-0.2, 0) is 15.9 Å². The Morgan fingerprint density at radius 3 is 3.05 bits per heavy atom. The third-order valence-corrected chi connectivity index (χ3v) is 4.41. The van der Waals surface area contributed by atoms with Crippen molar-refractivity contribution in [1.29, 1.82) is 0 Å². The van der Waals surface area contributed by atoms with Gasteiger partial charge >= 0.3 is 0 Å². The largest absolute Gasteiger partial charge is 0.383 e. The second kappa shape index (κ2) is 8.08. The Kier molecular flexibility index (Phi) is 6.42. The van der Waals surface area contributed by atoms with E-state index in [0.717, 1.165) is 44.5 Å². The summed E-state index contributed by atoms with van der Waals surface area (Å²) < 4.78 is 24.3. The highest BCUT2D eigenvalue weighted by Crippen LogP contribution is 2.34. The molecule has 0 radical (unpaired) electrons. The molecule has 0 spiro atoms. The number of rotatable bonds is 7. The van der Waals surface area contributed by atoms with E-state index in [2.05, 4.69) is 5.32 Å². The molecule has 1 atom stereocenters. The van der Waals surface area contributed by atoms with Gasteiger partial charge in [-0.25, -0.2) is 4.39 Å². The Labute approximate surface area is 130 Å². The van der Waals surface area contributed by atoms with Crippen molar-refractivity contribution in [2.24, 2.45) is 5.41 Å². The molecular formula is C16H23ClFNO2. The summed E-state index contributed by atoms with van der Waals surface area (Å²) >= 11 is 6.10. The quantitative estimate of drug-likeness (QED) is 0.785. The van der Waals surface area contributed by atoms with Crippen LogP contribution in [0.5, 0.6) is 0 Å². The first-order chi connectivity index (χ1) is 10.2. The van der Waals surface area contributed by atoms with Gasteiger partial charge < -0.3 is 14.8 Å². The molecule has 1 heterocycles. The zero-order valence-electron chi connectivity index (χ0n) is 12.5. The summed E-state index contributed by atoms with van der Waals surface area (Å²) in [7, 11) is 1.69. The summed E-state index contributed by atoms with van der Waals surface area (Å²) in [4.78, 5) is 0. The molecule has 1 saturated heterocycles. The van der Waals surface area contributed by atoms with E-state index < -0.39 is 0 Å². The molecular weight excluding hydrogens is 293 g/mol. The molecule has 1 aromatic carbocycles. The number of nitrogens with one attached hydrogen (secondary N) is 1. The SMILES string of the molecule is COCCNCC1(Cc2cccc(F)c2Cl)CCCOC1. The van der Waals surface area contributed by atoms with Crippen LogP contribution >= 0.6 is 11.6 Å². The minimum atomic E-state index is -0.353. The van der Waals surface area contributed by atoms with E-state index in [1.165, 1.54) is 6.07 Å². The van der Waals surface area contributed by atoms with Gasteiger partial charge in [-0.15, -0.1) is 0 Å². The summed E-state index contributed by atoms with van der Waals surface area (Å²) in [6, 6.07) is 5.01. The van der Waals surface area contributed by atoms with E-state index in [-0.39, 0.29) is 16.3 Å². The van der Waals surface area contributed by atoms with Crippen molar-refractivity contribution in [2.75, 3.05) is 40.0 Å². The first kappa shape index (κ1) is 16.7. The lowest BCUT2D eigenvalue weighted by Crippen LogP contribution is -2.43. The van der Waals surface area contributed by atoms with Crippen molar-refractivity contribution in [1.82, 2.24) is 5.32 Å². The van der Waals surface area contributed by atoms with Crippen LogP contribution in [0, 0.1) is 11.2 Å². The molecule has 0 bridgehead atoms. The molecule has 3 nitrogen and oxygen atoms in total. The van der Waals surface area contributed by atoms with Gasteiger partial charge in [-0.2, -0.15) is 0 Å². The maximum absolute atomic E-state index is 13.6. The van der Waals surface area contributed by atoms with Gasteiger partial charge in [-0.1, -0.05) is 23.7 Å². The van der Waals surface area contributed by atoms with Crippen molar-refractivity contribution in [3.63, 3.8) is 0 Å². The van der Waals surface area contributed by atoms with Crippen molar-refractivity contribution in [3.8, 4) is 0 Å². The minimum absolute atomic E-state index is 0.0244. The van der Waals surface area contributed by atoms with E-state index in [9.17, 15) is 4.39 Å². The Hall–Kier alpha value is -0.680. The predicted molar refractivity (Wildman–Crippen MR) is 82.3 cm³/mol. The smallest absolute Gasteiger partial charge is 0.142 e. The summed E-state index contributed by atoms with van der Waals surface area (Å²) in [6.07, 6.45) is 2.81. The third kappa shape index (κ3) is 4.65. The Bertz CT molecular complexity index is 450. The highest BCUT2D eigenvalue weighted by molar-refractivity contribution is 6.31. The van der Waals surface area contributed by atoms with Crippen molar-refractivity contribution in [3.05, 3.63) is 34.6 Å². The topological polar surface area (TPSA) is 30.5 Å². The average Bonchev–Trinajstić information content (AvgIpc) is 2.50. The standard InChI is InChI=1S/C16H23ClFNO2/c1-20-9-7-19-11-16(6-3-8-21-12-16)10-13-4-2-5-14(18)15(13)17/h2,4-5,19H,3,6-12H2,1H3. The molecule has 1 aliphatic rings. The maximum Gasteiger partial charge on any atom is 0.142 e. The van der Waals surface area contributed by atoms with Gasteiger partial charge in [0.15, 0.2) is 0 Å². The Morgan fingerprint density at radius 2 is 2.33 bits per heavy atom. The number of benzene rings is 1. The molecule has 1 aromatic rings. The molecule has 1 unspecified atom stereocenters. The molecule has 2 rings (SSSR count). The lowest BCUT2D eigenvalue weighted by Gasteiger charge is -2.37. The van der Waals surface area contributed by atoms with Crippen molar-refractivity contribution >= 4 is 11.6 Å². The zero-order chi connectivity index (χ0) is 15.1. The molecule has 21 heavy (non-hydrogen) atoms. The van der Waals surface area contributed by atoms with Crippen LogP contribution in [0.25, 0.3) is 0 Å². The molecule has 1 aliphatic heterocycles. The summed E-state index contributed by atoms with van der Waals surface area (Å²) in [6.45, 7) is 3.78. The Balaban J connectivity index is 2.06. The van der Waals surface area contributed by atoms with Crippen LogP contribution in [0.4, 0.5) is 4.39 Å². The Morgan fingerprint density at radius 1 is 1.48 bits per heavy atom. The fourth-order valence-corrected chi connectivity index (χ4v) is 3.06. The normalized spacial score (nSPS) is 22.4. The lowest BCUT2D eigenvalue weighted by atomic mass is 9.77. The summed E-state index contributed by atoms with van der Waals surface area (Å²) in [5, 5.41) is 3.64. The summed E-state index contributed by atoms with van der Waals surface area (Å²) in [5.41, 5.74) is 0.833. The van der Waals surface area contributed by atoms with Crippen LogP contribution < -0.4 is 5.32 Å². The van der Waals surface area contributed by atoms with Crippen LogP contribution in [0.2, 0.25) is 5.02 Å². The number of hydrogen-bond donors (Lipinski definition) is 1. The molecule has 5 heteroatoms. The zero-order valence-corrected chi connectivity index (χ0v) is 13.2. The van der Waals surface area contributed by atoms with Gasteiger partial charge in [0, 0.05) is 32.2 Å². The van der Waals surface area contributed by atoms with E-state index in [1.54, 1.807) is 13.2 Å². The molecule has 0 saturated carbocycles. The first-order valence-corrected chi connectivity index (χ1v) is 7.75. The van der Waals surface area contributed by atoms with Crippen molar-refractivity contribution < 1.29 is 13.9 Å². The summed E-state index contributed by atoms with van der Waals surface area (Å²) in [5.74, 6) is -0.353. The average molecular weight is 316 g/mol. The lowest BCUT2D eigenvalue weighted by molar-refractivity contribution is -0.00771. The van der Waals surface area contributed by atoms with E-state index >= 15 is 0 Å². The fourth-order valence-electron chi connectivity index (χ4n) is 2.87. The number of ether oxygens (including phenoxy) is 2. The maximum atomic E-state index is 13.6. The fraction of sp³-hybridized carbons (Fsp3) is 0.625. The monoisotopic (exact) mass is 315 g/mol. The van der Waals surface area contributed by atoms with Gasteiger partial charge in [-0.05, 0) is 30.9 Å². The molecule has 0 aliphatic carbocycles. The second-order valence-corrected chi connectivity index (χ2v) is 6.09. The van der Waals surface area contributed by atoms with Crippen molar-refractivity contribution in [2.45, 2.75) is 19.3 Å². The number of methoxy groups -OCH3 is 1. The van der Waals surface area contributed by atoms with Gasteiger partial charge in [0.1, 0.15) is 5.82 Å². The molecule has 118 valence electrons. The van der Waals surface area contributed by atoms with Crippen LogP contribution in [0.15, 0.2) is 18.2 Å². The van der Waals surface area contributed by atoms with E-state index in [1.807, 2.05) is 6.07 Å². The van der Waals surface area contributed by atoms with E-state index in [4.69, 9.17) is 21.1 Å². The highest BCUT2D eigenvalue weighted by Gasteiger charge is 2.33. The molecule has 0 aromatic heterocycles. The van der Waals surface area contributed by atoms with Gasteiger partial charge in [0.05, 0.1) is 18.2 Å². The number of hydrogen-bond acceptors (Lipinski definition) is 3. The first-order valence-electron chi connectivity index (χ1n) is 7.37. The second-order valence-electron chi connectivity index (χ2n) is 5.72.